The fraction of sp³-hybridized carbons (Fsp3) is 0.414. The number of nitrogens with zero attached hydrogens (tertiary/aromatic N) is 8. The summed E-state index contributed by atoms with van der Waals surface area (Å²) in [7, 11) is 1.67. The lowest BCUT2D eigenvalue weighted by atomic mass is 9.91. The lowest BCUT2D eigenvalue weighted by molar-refractivity contribution is -0.141. The Hall–Kier alpha value is -7.30. The number of nitrogens with one attached hydrogen (secondary N) is 2. The Kier molecular flexibility index (Phi) is 18.2. The van der Waals surface area contributed by atoms with Crippen molar-refractivity contribution in [3.63, 3.8) is 0 Å². The van der Waals surface area contributed by atoms with E-state index in [0.29, 0.717) is 65.2 Å². The highest BCUT2D eigenvalue weighted by Gasteiger charge is 2.44. The average molecular weight is 1130 g/mol. The molecule has 5 heterocycles. The smallest absolute Gasteiger partial charge is 0.243 e. The van der Waals surface area contributed by atoms with Crippen LogP contribution in [0.3, 0.4) is 0 Å². The maximum atomic E-state index is 17.1. The molecule has 4 N–H and O–H groups in total. The number of rotatable bonds is 21. The summed E-state index contributed by atoms with van der Waals surface area (Å²) in [6.45, 7) is 11.9. The molecule has 9 rings (SSSR count). The molecule has 0 radical (unpaired) electrons. The highest BCUT2D eigenvalue weighted by molar-refractivity contribution is 7.13. The number of phenolic OH excluding ortho intramolecular Hbond substituents is 1. The zero-order valence-electron chi connectivity index (χ0n) is 45.6. The van der Waals surface area contributed by atoms with Gasteiger partial charge in [-0.15, -0.1) is 11.3 Å². The Morgan fingerprint density at radius 3 is 2.41 bits per heavy atom. The number of likely N-dealkylation sites (tertiary alicyclic amines) is 1. The fourth-order valence-corrected chi connectivity index (χ4v) is 11.5. The Morgan fingerprint density at radius 1 is 0.963 bits per heavy atom. The van der Waals surface area contributed by atoms with Crippen molar-refractivity contribution < 1.29 is 47.8 Å². The number of benzene rings is 4. The maximum Gasteiger partial charge on any atom is 0.243 e. The van der Waals surface area contributed by atoms with Gasteiger partial charge in [0.15, 0.2) is 5.82 Å². The van der Waals surface area contributed by atoms with Gasteiger partial charge in [-0.05, 0) is 65.4 Å². The first kappa shape index (κ1) is 57.4. The van der Waals surface area contributed by atoms with E-state index in [0.717, 1.165) is 21.7 Å². The van der Waals surface area contributed by atoms with Gasteiger partial charge in [0, 0.05) is 89.6 Å². The van der Waals surface area contributed by atoms with Gasteiger partial charge in [-0.2, -0.15) is 4.98 Å². The third kappa shape index (κ3) is 13.0. The first-order valence-electron chi connectivity index (χ1n) is 26.7. The van der Waals surface area contributed by atoms with E-state index in [2.05, 4.69) is 25.8 Å². The number of β-amino-alcohol motifs (C(OH)–C–C–N with tert-alkyl or cyclic N) is 1. The molecule has 2 fully saturated rings. The number of halogens is 2. The molecule has 80 heavy (non-hydrogen) atoms. The highest BCUT2D eigenvalue weighted by Crippen LogP contribution is 2.43. The standard InChI is InChI=1S/C58H66ClFN10O9S/c1-33(2)50(48-25-34(3)66-79-48)57(76)70-30-41(73)28-47(70)56(75)63-46(37-11-13-38(14-12-37)54-35(4)62-32-80-54)31-78-24-23-77-22-21-67(6)49(74)15-16-61-58-64-53-44(55(65-58)69-19-17-68(18-20-69)36(5)71)29-45(59)51(52(53)60)43-27-40(72)26-39-9-7-8-10-42(39)43/h7-14,25-27,29,32-33,41,46-47,50,72-73H,15-24,28,30-31H2,1-6H3,(H,63,75)(H,61,64,65)/t41-,46+,47+,50?/m1/s1. The van der Waals surface area contributed by atoms with Gasteiger partial charge in [0.25, 0.3) is 0 Å². The van der Waals surface area contributed by atoms with E-state index in [1.807, 2.05) is 74.2 Å². The van der Waals surface area contributed by atoms with Crippen molar-refractivity contribution in [3.8, 4) is 27.3 Å². The van der Waals surface area contributed by atoms with Crippen LogP contribution in [0, 0.1) is 25.6 Å². The largest absolute Gasteiger partial charge is 0.508 e. The number of aromatic nitrogens is 4. The molecule has 2 aliphatic heterocycles. The van der Waals surface area contributed by atoms with Crippen molar-refractivity contribution in [1.82, 2.24) is 40.1 Å². The first-order valence-corrected chi connectivity index (χ1v) is 28.0. The number of carbonyl (C=O) groups excluding carboxylic acids is 4. The number of piperazine rings is 1. The Balaban J connectivity index is 0.806. The van der Waals surface area contributed by atoms with Crippen LogP contribution in [0.15, 0.2) is 82.8 Å². The minimum atomic E-state index is -0.937. The Bertz CT molecular complexity index is 3370. The summed E-state index contributed by atoms with van der Waals surface area (Å²) in [6.07, 6.45) is -0.771. The van der Waals surface area contributed by atoms with Crippen molar-refractivity contribution >= 4 is 80.0 Å². The number of likely N-dealkylation sites (N-methyl/N-ethyl adjacent to an activating group) is 1. The van der Waals surface area contributed by atoms with E-state index in [1.54, 1.807) is 47.5 Å². The number of thiazole rings is 1. The first-order chi connectivity index (χ1) is 38.4. The minimum absolute atomic E-state index is 0.000449. The predicted molar refractivity (Wildman–Crippen MR) is 304 cm³/mol. The number of amides is 4. The SMILES string of the molecule is CC(=O)N1CCN(c2nc(NCCC(=O)N(C)CCOCCOC[C@H](NC(=O)[C@@H]3C[C@@H](O)CN3C(=O)C(c3cc(C)no3)C(C)C)c3ccc(-c4scnc4C)cc3)nc3c(F)c(-c4cc(O)cc5ccccc45)c(Cl)cc23)CC1. The van der Waals surface area contributed by atoms with Gasteiger partial charge in [0.05, 0.1) is 65.4 Å². The van der Waals surface area contributed by atoms with Gasteiger partial charge in [-0.25, -0.2) is 14.4 Å². The van der Waals surface area contributed by atoms with Gasteiger partial charge >= 0.3 is 0 Å². The van der Waals surface area contributed by atoms with Gasteiger partial charge in [0.1, 0.15) is 34.8 Å². The second-order valence-electron chi connectivity index (χ2n) is 20.6. The maximum absolute atomic E-state index is 17.1. The Labute approximate surface area is 472 Å². The number of aromatic hydroxyl groups is 1. The van der Waals surface area contributed by atoms with Crippen LogP contribution in [-0.2, 0) is 28.7 Å². The quantitative estimate of drug-likeness (QED) is 0.0502. The van der Waals surface area contributed by atoms with Crippen LogP contribution >= 0.6 is 22.9 Å². The van der Waals surface area contributed by atoms with Crippen molar-refractivity contribution in [3.05, 3.63) is 112 Å². The van der Waals surface area contributed by atoms with Crippen molar-refractivity contribution in [2.75, 3.05) is 89.5 Å². The number of phenols is 1. The molecule has 0 spiro atoms. The average Bonchev–Trinajstić information content (AvgIpc) is 4.20. The summed E-state index contributed by atoms with van der Waals surface area (Å²) < 4.78 is 34.6. The van der Waals surface area contributed by atoms with Crippen LogP contribution in [0.4, 0.5) is 16.2 Å². The van der Waals surface area contributed by atoms with E-state index in [4.69, 9.17) is 30.6 Å². The number of ether oxygens (including phenoxy) is 2. The molecular formula is C58H66ClFN10O9S. The van der Waals surface area contributed by atoms with E-state index in [1.165, 1.54) is 29.2 Å². The van der Waals surface area contributed by atoms with Crippen molar-refractivity contribution in [2.24, 2.45) is 5.92 Å². The zero-order chi connectivity index (χ0) is 56.8. The number of fused-ring (bicyclic) bond motifs is 2. The number of aryl methyl sites for hydroxylation is 2. The number of aliphatic hydroxyl groups excluding tert-OH is 1. The molecule has 4 amide bonds. The van der Waals surface area contributed by atoms with Crippen LogP contribution in [0.1, 0.15) is 68.3 Å². The van der Waals surface area contributed by atoms with Crippen molar-refractivity contribution in [1.29, 1.82) is 0 Å². The van der Waals surface area contributed by atoms with Crippen LogP contribution in [0.5, 0.6) is 5.75 Å². The van der Waals surface area contributed by atoms with Crippen molar-refractivity contribution in [2.45, 2.75) is 71.6 Å². The molecular weight excluding hydrogens is 1070 g/mol. The molecule has 3 aromatic heterocycles. The molecule has 22 heteroatoms. The summed E-state index contributed by atoms with van der Waals surface area (Å²) in [6, 6.07) is 20.0. The van der Waals surface area contributed by atoms with Gasteiger partial charge in [-0.1, -0.05) is 79.1 Å². The third-order valence-corrected chi connectivity index (χ3v) is 15.9. The monoisotopic (exact) mass is 1130 g/mol. The lowest BCUT2D eigenvalue weighted by Gasteiger charge is -2.35. The highest BCUT2D eigenvalue weighted by atomic mass is 35.5. The van der Waals surface area contributed by atoms with Crippen LogP contribution in [0.2, 0.25) is 5.02 Å². The number of hydrogen-bond acceptors (Lipinski definition) is 16. The topological polar surface area (TPSA) is 229 Å². The summed E-state index contributed by atoms with van der Waals surface area (Å²) in [5.74, 6) is -1.66. The molecule has 0 saturated carbocycles. The molecule has 19 nitrogen and oxygen atoms in total. The molecule has 0 bridgehead atoms. The van der Waals surface area contributed by atoms with Gasteiger partial charge in [0.2, 0.25) is 29.6 Å². The molecule has 1 unspecified atom stereocenters. The molecule has 2 saturated heterocycles. The summed E-state index contributed by atoms with van der Waals surface area (Å²) in [5.41, 5.74) is 5.57. The molecule has 4 aromatic carbocycles. The Morgan fingerprint density at radius 2 is 1.71 bits per heavy atom. The fourth-order valence-electron chi connectivity index (χ4n) is 10.4. The van der Waals surface area contributed by atoms with E-state index in [9.17, 15) is 29.4 Å². The van der Waals surface area contributed by atoms with Crippen LogP contribution in [0.25, 0.3) is 43.2 Å². The van der Waals surface area contributed by atoms with E-state index < -0.39 is 35.8 Å². The minimum Gasteiger partial charge on any atom is -0.508 e. The van der Waals surface area contributed by atoms with Gasteiger partial charge < -0.3 is 54.4 Å². The molecule has 4 atom stereocenters. The normalized spacial score (nSPS) is 16.4. The molecule has 422 valence electrons. The summed E-state index contributed by atoms with van der Waals surface area (Å²) in [4.78, 5) is 75.4. The number of aliphatic hydroxyl groups is 1. The lowest BCUT2D eigenvalue weighted by Crippen LogP contribution is -2.49. The second kappa shape index (κ2) is 25.4. The van der Waals surface area contributed by atoms with Crippen LogP contribution < -0.4 is 15.5 Å². The second-order valence-corrected chi connectivity index (χ2v) is 21.9. The molecule has 2 aliphatic rings. The van der Waals surface area contributed by atoms with E-state index >= 15 is 4.39 Å². The van der Waals surface area contributed by atoms with Gasteiger partial charge in [-0.3, -0.25) is 19.2 Å². The summed E-state index contributed by atoms with van der Waals surface area (Å²) >= 11 is 8.44. The zero-order valence-corrected chi connectivity index (χ0v) is 47.2. The number of hydrogen-bond donors (Lipinski definition) is 4. The van der Waals surface area contributed by atoms with E-state index in [-0.39, 0.29) is 110 Å². The predicted octanol–water partition coefficient (Wildman–Crippen LogP) is 7.90. The number of carbonyl (C=O) groups is 4. The molecule has 7 aromatic rings. The molecule has 0 aliphatic carbocycles. The number of anilines is 2. The van der Waals surface area contributed by atoms with Crippen LogP contribution in [-0.4, -0.2) is 160 Å². The third-order valence-electron chi connectivity index (χ3n) is 14.7. The summed E-state index contributed by atoms with van der Waals surface area (Å²) in [5, 5.41) is 33.6.